The van der Waals surface area contributed by atoms with Crippen LogP contribution in [0, 0.1) is 5.82 Å². The van der Waals surface area contributed by atoms with Gasteiger partial charge in [0.2, 0.25) is 0 Å². The van der Waals surface area contributed by atoms with E-state index in [1.807, 2.05) is 12.1 Å². The Morgan fingerprint density at radius 1 is 1.22 bits per heavy atom. The lowest BCUT2D eigenvalue weighted by atomic mass is 10.1. The minimum Gasteiger partial charge on any atom is -0.507 e. The average molecular weight is 371 g/mol. The smallest absolute Gasteiger partial charge is 0.257 e. The molecule has 27 heavy (non-hydrogen) atoms. The minimum atomic E-state index is -0.547. The van der Waals surface area contributed by atoms with Crippen molar-refractivity contribution in [2.45, 2.75) is 25.4 Å². The third-order valence-electron chi connectivity index (χ3n) is 5.07. The lowest BCUT2D eigenvalue weighted by molar-refractivity contribution is 0.0769. The van der Waals surface area contributed by atoms with Gasteiger partial charge in [-0.1, -0.05) is 0 Å². The van der Waals surface area contributed by atoms with Gasteiger partial charge < -0.3 is 19.6 Å². The lowest BCUT2D eigenvalue weighted by Crippen LogP contribution is -2.31. The number of hydrogen-bond acceptors (Lipinski definition) is 5. The summed E-state index contributed by atoms with van der Waals surface area (Å²) in [5, 5.41) is 9.87. The number of pyridine rings is 1. The van der Waals surface area contributed by atoms with E-state index in [0.717, 1.165) is 49.6 Å². The molecule has 2 aromatic rings. The predicted molar refractivity (Wildman–Crippen MR) is 98.7 cm³/mol. The molecule has 142 valence electrons. The Kier molecular flexibility index (Phi) is 4.83. The Hall–Kier alpha value is -2.83. The van der Waals surface area contributed by atoms with Gasteiger partial charge in [0.15, 0.2) is 11.6 Å². The molecule has 0 radical (unpaired) electrons. The summed E-state index contributed by atoms with van der Waals surface area (Å²) in [4.78, 5) is 20.9. The highest BCUT2D eigenvalue weighted by Crippen LogP contribution is 2.31. The Labute approximate surface area is 157 Å². The van der Waals surface area contributed by atoms with Gasteiger partial charge in [0, 0.05) is 32.3 Å². The number of aromatic nitrogens is 1. The molecule has 6 nitrogen and oxygen atoms in total. The molecule has 1 aromatic heterocycles. The average Bonchev–Trinajstić information content (AvgIpc) is 3.36. The van der Waals surface area contributed by atoms with Crippen molar-refractivity contribution in [3.63, 3.8) is 0 Å². The van der Waals surface area contributed by atoms with Crippen LogP contribution in [0.15, 0.2) is 36.5 Å². The number of carbonyl (C=O) groups is 1. The van der Waals surface area contributed by atoms with Crippen LogP contribution in [0.25, 0.3) is 0 Å². The van der Waals surface area contributed by atoms with E-state index in [1.54, 1.807) is 11.1 Å². The summed E-state index contributed by atoms with van der Waals surface area (Å²) in [6, 6.07) is 7.15. The highest BCUT2D eigenvalue weighted by Gasteiger charge is 2.30. The maximum atomic E-state index is 13.4. The number of ether oxygens (including phenoxy) is 1. The summed E-state index contributed by atoms with van der Waals surface area (Å²) in [5.41, 5.74) is -0.0187. The second-order valence-corrected chi connectivity index (χ2v) is 6.96. The Bertz CT molecular complexity index is 839. The first-order chi connectivity index (χ1) is 13.1. The zero-order valence-electron chi connectivity index (χ0n) is 15.0. The topological polar surface area (TPSA) is 65.9 Å². The molecule has 0 saturated carbocycles. The van der Waals surface area contributed by atoms with Crippen molar-refractivity contribution in [3.8, 4) is 11.5 Å². The van der Waals surface area contributed by atoms with Crippen LogP contribution >= 0.6 is 0 Å². The van der Waals surface area contributed by atoms with E-state index < -0.39 is 5.82 Å². The summed E-state index contributed by atoms with van der Waals surface area (Å²) < 4.78 is 19.6. The Balaban J connectivity index is 1.45. The first-order valence-electron chi connectivity index (χ1n) is 9.26. The number of nitrogens with zero attached hydrogens (tertiary/aromatic N) is 3. The van der Waals surface area contributed by atoms with Crippen LogP contribution in [0.5, 0.6) is 11.5 Å². The van der Waals surface area contributed by atoms with Crippen LogP contribution in [0.2, 0.25) is 0 Å². The van der Waals surface area contributed by atoms with Gasteiger partial charge in [0.25, 0.3) is 5.91 Å². The zero-order valence-corrected chi connectivity index (χ0v) is 15.0. The molecule has 4 rings (SSSR count). The first-order valence-corrected chi connectivity index (χ1v) is 9.26. The monoisotopic (exact) mass is 371 g/mol. The molecule has 3 heterocycles. The van der Waals surface area contributed by atoms with E-state index >= 15 is 0 Å². The van der Waals surface area contributed by atoms with Crippen molar-refractivity contribution < 1.29 is 19.0 Å². The highest BCUT2D eigenvalue weighted by atomic mass is 19.1. The van der Waals surface area contributed by atoms with Gasteiger partial charge in [-0.25, -0.2) is 9.37 Å². The van der Waals surface area contributed by atoms with E-state index in [2.05, 4.69) is 9.88 Å². The highest BCUT2D eigenvalue weighted by molar-refractivity contribution is 5.97. The molecule has 0 spiro atoms. The van der Waals surface area contributed by atoms with Crippen LogP contribution in [-0.4, -0.2) is 53.2 Å². The molecule has 2 fully saturated rings. The van der Waals surface area contributed by atoms with Crippen LogP contribution in [0.1, 0.15) is 29.6 Å². The fourth-order valence-corrected chi connectivity index (χ4v) is 3.68. The fraction of sp³-hybridized carbons (Fsp3) is 0.400. The first kappa shape index (κ1) is 17.6. The van der Waals surface area contributed by atoms with Crippen LogP contribution in [0.4, 0.5) is 10.2 Å². The zero-order chi connectivity index (χ0) is 18.8. The van der Waals surface area contributed by atoms with Gasteiger partial charge in [-0.15, -0.1) is 0 Å². The quantitative estimate of drug-likeness (QED) is 0.895. The number of aromatic hydroxyl groups is 1. The number of benzene rings is 1. The summed E-state index contributed by atoms with van der Waals surface area (Å²) >= 11 is 0. The third kappa shape index (κ3) is 3.67. The normalized spacial score (nSPS) is 19.5. The fourth-order valence-electron chi connectivity index (χ4n) is 3.68. The number of halogens is 1. The number of hydrogen-bond donors (Lipinski definition) is 1. The SMILES string of the molecule is O=C(c1cc(F)ccc1O)N1CCC(Oc2cccnc2N2CCCC2)C1. The molecule has 1 N–H and O–H groups in total. The Morgan fingerprint density at radius 2 is 2.04 bits per heavy atom. The number of likely N-dealkylation sites (tertiary alicyclic amines) is 1. The van der Waals surface area contributed by atoms with Crippen molar-refractivity contribution >= 4 is 11.7 Å². The second-order valence-electron chi connectivity index (χ2n) is 6.96. The molecule has 0 aliphatic carbocycles. The summed E-state index contributed by atoms with van der Waals surface area (Å²) in [6.45, 7) is 2.84. The second kappa shape index (κ2) is 7.42. The molecule has 2 aliphatic heterocycles. The van der Waals surface area contributed by atoms with Gasteiger partial charge >= 0.3 is 0 Å². The number of carbonyl (C=O) groups excluding carboxylic acids is 1. The van der Waals surface area contributed by atoms with Crippen LogP contribution in [-0.2, 0) is 0 Å². The standard InChI is InChI=1S/C20H22FN3O3/c21-14-5-6-17(25)16(12-14)20(26)24-11-7-15(13-24)27-18-4-3-8-22-19(18)23-9-1-2-10-23/h3-6,8,12,15,25H,1-2,7,9-11,13H2. The molecule has 1 unspecified atom stereocenters. The molecule has 2 saturated heterocycles. The van der Waals surface area contributed by atoms with Gasteiger partial charge in [0.05, 0.1) is 12.1 Å². The number of anilines is 1. The summed E-state index contributed by atoms with van der Waals surface area (Å²) in [6.07, 6.45) is 4.58. The van der Waals surface area contributed by atoms with Crippen molar-refractivity contribution in [2.24, 2.45) is 0 Å². The van der Waals surface area contributed by atoms with Gasteiger partial charge in [0.1, 0.15) is 17.7 Å². The summed E-state index contributed by atoms with van der Waals surface area (Å²) in [5.74, 6) is 0.432. The van der Waals surface area contributed by atoms with Crippen molar-refractivity contribution in [2.75, 3.05) is 31.1 Å². The molecule has 1 amide bonds. The largest absolute Gasteiger partial charge is 0.507 e. The van der Waals surface area contributed by atoms with Crippen LogP contribution in [0.3, 0.4) is 0 Å². The van der Waals surface area contributed by atoms with Gasteiger partial charge in [-0.3, -0.25) is 4.79 Å². The van der Waals surface area contributed by atoms with E-state index in [0.29, 0.717) is 19.5 Å². The molecule has 1 atom stereocenters. The Morgan fingerprint density at radius 3 is 2.85 bits per heavy atom. The molecule has 0 bridgehead atoms. The molecular weight excluding hydrogens is 349 g/mol. The third-order valence-corrected chi connectivity index (χ3v) is 5.07. The number of phenolic OH excluding ortho intramolecular Hbond substituents is 1. The molecule has 2 aliphatic rings. The number of phenols is 1. The molecule has 7 heteroatoms. The number of rotatable bonds is 4. The van der Waals surface area contributed by atoms with E-state index in [-0.39, 0.29) is 23.3 Å². The number of amides is 1. The molecule has 1 aromatic carbocycles. The van der Waals surface area contributed by atoms with E-state index in [4.69, 9.17) is 4.74 Å². The van der Waals surface area contributed by atoms with E-state index in [1.165, 1.54) is 6.07 Å². The minimum absolute atomic E-state index is 0.0187. The van der Waals surface area contributed by atoms with Gasteiger partial charge in [-0.05, 0) is 43.2 Å². The van der Waals surface area contributed by atoms with Crippen molar-refractivity contribution in [1.29, 1.82) is 0 Å². The van der Waals surface area contributed by atoms with Crippen molar-refractivity contribution in [1.82, 2.24) is 9.88 Å². The lowest BCUT2D eigenvalue weighted by Gasteiger charge is -2.22. The predicted octanol–water partition coefficient (Wildman–Crippen LogP) is 2.82. The van der Waals surface area contributed by atoms with Gasteiger partial charge in [-0.2, -0.15) is 0 Å². The maximum absolute atomic E-state index is 13.4. The van der Waals surface area contributed by atoms with E-state index in [9.17, 15) is 14.3 Å². The van der Waals surface area contributed by atoms with Crippen LogP contribution < -0.4 is 9.64 Å². The maximum Gasteiger partial charge on any atom is 0.257 e. The molecular formula is C20H22FN3O3. The van der Waals surface area contributed by atoms with Crippen molar-refractivity contribution in [3.05, 3.63) is 47.9 Å². The summed E-state index contributed by atoms with van der Waals surface area (Å²) in [7, 11) is 0.